The van der Waals surface area contributed by atoms with Gasteiger partial charge in [0.05, 0.1) is 0 Å². The van der Waals surface area contributed by atoms with Gasteiger partial charge in [0.2, 0.25) is 0 Å². The van der Waals surface area contributed by atoms with Crippen LogP contribution in [0.4, 0.5) is 0 Å². The van der Waals surface area contributed by atoms with Crippen LogP contribution in [0.2, 0.25) is 0 Å². The molecule has 0 atom stereocenters. The molecule has 14 heavy (non-hydrogen) atoms. The molecule has 0 saturated carbocycles. The molecule has 76 valence electrons. The van der Waals surface area contributed by atoms with E-state index in [1.54, 1.807) is 6.07 Å². The number of carbonyl (C=O) groups is 1. The van der Waals surface area contributed by atoms with E-state index in [0.29, 0.717) is 12.3 Å². The summed E-state index contributed by atoms with van der Waals surface area (Å²) >= 11 is 0. The van der Waals surface area contributed by atoms with Gasteiger partial charge in [-0.15, -0.1) is 0 Å². The van der Waals surface area contributed by atoms with E-state index in [0.717, 1.165) is 11.1 Å². The van der Waals surface area contributed by atoms with Gasteiger partial charge in [0.15, 0.2) is 6.61 Å². The van der Waals surface area contributed by atoms with Crippen molar-refractivity contribution < 1.29 is 9.53 Å². The Morgan fingerprint density at radius 1 is 1.50 bits per heavy atom. The molecule has 1 aromatic rings. The molecule has 4 nitrogen and oxygen atoms in total. The first-order valence-electron chi connectivity index (χ1n) is 4.34. The summed E-state index contributed by atoms with van der Waals surface area (Å²) in [6.07, 6.45) is 0. The van der Waals surface area contributed by atoms with Crippen molar-refractivity contribution in [2.45, 2.75) is 13.5 Å². The minimum absolute atomic E-state index is 0.104. The fourth-order valence-corrected chi connectivity index (χ4v) is 1.11. The van der Waals surface area contributed by atoms with E-state index in [-0.39, 0.29) is 6.61 Å². The second kappa shape index (κ2) is 4.62. The topological polar surface area (TPSA) is 78.3 Å². The molecule has 0 aliphatic heterocycles. The van der Waals surface area contributed by atoms with Gasteiger partial charge in [-0.05, 0) is 30.2 Å². The van der Waals surface area contributed by atoms with Crippen molar-refractivity contribution in [3.05, 3.63) is 29.3 Å². The number of nitrogens with two attached hydrogens (primary N) is 2. The van der Waals surface area contributed by atoms with E-state index in [9.17, 15) is 4.79 Å². The van der Waals surface area contributed by atoms with Gasteiger partial charge in [0, 0.05) is 6.54 Å². The molecule has 1 amide bonds. The zero-order valence-corrected chi connectivity index (χ0v) is 8.12. The molecule has 1 aromatic carbocycles. The molecular weight excluding hydrogens is 180 g/mol. The maximum absolute atomic E-state index is 10.5. The Labute approximate surface area is 82.8 Å². The fourth-order valence-electron chi connectivity index (χ4n) is 1.11. The quantitative estimate of drug-likeness (QED) is 0.724. The first kappa shape index (κ1) is 10.5. The lowest BCUT2D eigenvalue weighted by Gasteiger charge is -2.07. The number of hydrogen-bond donors (Lipinski definition) is 2. The molecule has 0 spiro atoms. The normalized spacial score (nSPS) is 9.86. The van der Waals surface area contributed by atoms with Crippen LogP contribution in [0.5, 0.6) is 5.75 Å². The molecule has 4 heteroatoms. The lowest BCUT2D eigenvalue weighted by atomic mass is 10.1. The Morgan fingerprint density at radius 2 is 2.21 bits per heavy atom. The van der Waals surface area contributed by atoms with Crippen molar-refractivity contribution in [1.29, 1.82) is 0 Å². The molecule has 0 heterocycles. The lowest BCUT2D eigenvalue weighted by Crippen LogP contribution is -2.20. The van der Waals surface area contributed by atoms with Crippen molar-refractivity contribution >= 4 is 5.91 Å². The average Bonchev–Trinajstić information content (AvgIpc) is 2.16. The molecule has 0 saturated heterocycles. The summed E-state index contributed by atoms with van der Waals surface area (Å²) in [7, 11) is 0. The predicted octanol–water partition coefficient (Wildman–Crippen LogP) is 0.318. The van der Waals surface area contributed by atoms with Crippen molar-refractivity contribution in [2.75, 3.05) is 6.61 Å². The van der Waals surface area contributed by atoms with E-state index in [1.807, 2.05) is 19.1 Å². The number of hydrogen-bond acceptors (Lipinski definition) is 3. The van der Waals surface area contributed by atoms with Gasteiger partial charge >= 0.3 is 0 Å². The van der Waals surface area contributed by atoms with Crippen LogP contribution in [0, 0.1) is 6.92 Å². The first-order chi connectivity index (χ1) is 6.63. The maximum atomic E-state index is 10.5. The zero-order valence-electron chi connectivity index (χ0n) is 8.12. The number of amides is 1. The van der Waals surface area contributed by atoms with Crippen LogP contribution in [0.25, 0.3) is 0 Å². The standard InChI is InChI=1S/C10H14N2O2/c1-7-2-3-9(4-8(7)5-11)14-6-10(12)13/h2-4H,5-6,11H2,1H3,(H2,12,13). The van der Waals surface area contributed by atoms with Crippen LogP contribution >= 0.6 is 0 Å². The highest BCUT2D eigenvalue weighted by atomic mass is 16.5. The van der Waals surface area contributed by atoms with Crippen LogP contribution in [-0.4, -0.2) is 12.5 Å². The van der Waals surface area contributed by atoms with Crippen molar-refractivity contribution in [2.24, 2.45) is 11.5 Å². The van der Waals surface area contributed by atoms with Crippen molar-refractivity contribution in [3.63, 3.8) is 0 Å². The van der Waals surface area contributed by atoms with Gasteiger partial charge in [-0.3, -0.25) is 4.79 Å². The summed E-state index contributed by atoms with van der Waals surface area (Å²) in [6.45, 7) is 2.33. The van der Waals surface area contributed by atoms with E-state index in [4.69, 9.17) is 16.2 Å². The number of carbonyl (C=O) groups excluding carboxylic acids is 1. The smallest absolute Gasteiger partial charge is 0.255 e. The van der Waals surface area contributed by atoms with Gasteiger partial charge in [0.1, 0.15) is 5.75 Å². The number of benzene rings is 1. The van der Waals surface area contributed by atoms with Crippen LogP contribution < -0.4 is 16.2 Å². The Kier molecular flexibility index (Phi) is 3.48. The first-order valence-corrected chi connectivity index (χ1v) is 4.34. The second-order valence-corrected chi connectivity index (χ2v) is 3.05. The van der Waals surface area contributed by atoms with Gasteiger partial charge in [-0.25, -0.2) is 0 Å². The highest BCUT2D eigenvalue weighted by molar-refractivity contribution is 5.75. The van der Waals surface area contributed by atoms with Crippen LogP contribution in [0.1, 0.15) is 11.1 Å². The highest BCUT2D eigenvalue weighted by Crippen LogP contribution is 2.16. The third-order valence-electron chi connectivity index (χ3n) is 1.92. The van der Waals surface area contributed by atoms with E-state index in [2.05, 4.69) is 0 Å². The Bertz CT molecular complexity index is 337. The third-order valence-corrected chi connectivity index (χ3v) is 1.92. The molecule has 0 fully saturated rings. The SMILES string of the molecule is Cc1ccc(OCC(N)=O)cc1CN. The summed E-state index contributed by atoms with van der Waals surface area (Å²) < 4.78 is 5.13. The van der Waals surface area contributed by atoms with Gasteiger partial charge in [0.25, 0.3) is 5.91 Å². The monoisotopic (exact) mass is 194 g/mol. The Hall–Kier alpha value is -1.55. The molecule has 0 bridgehead atoms. The average molecular weight is 194 g/mol. The lowest BCUT2D eigenvalue weighted by molar-refractivity contribution is -0.119. The van der Waals surface area contributed by atoms with Gasteiger partial charge in [-0.1, -0.05) is 6.07 Å². The molecule has 1 rings (SSSR count). The number of rotatable bonds is 4. The summed E-state index contributed by atoms with van der Waals surface area (Å²) in [4.78, 5) is 10.5. The number of primary amides is 1. The Morgan fingerprint density at radius 3 is 2.79 bits per heavy atom. The van der Waals surface area contributed by atoms with Crippen molar-refractivity contribution in [3.8, 4) is 5.75 Å². The number of ether oxygens (including phenoxy) is 1. The summed E-state index contributed by atoms with van der Waals surface area (Å²) in [5, 5.41) is 0. The minimum atomic E-state index is -0.486. The summed E-state index contributed by atoms with van der Waals surface area (Å²) in [5.41, 5.74) is 12.6. The largest absolute Gasteiger partial charge is 0.484 e. The van der Waals surface area contributed by atoms with Crippen LogP contribution in [0.15, 0.2) is 18.2 Å². The Balaban J connectivity index is 2.74. The maximum Gasteiger partial charge on any atom is 0.255 e. The fraction of sp³-hybridized carbons (Fsp3) is 0.300. The zero-order chi connectivity index (χ0) is 10.6. The molecular formula is C10H14N2O2. The molecule has 0 unspecified atom stereocenters. The number of aryl methyl sites for hydroxylation is 1. The molecule has 0 aromatic heterocycles. The van der Waals surface area contributed by atoms with E-state index in [1.165, 1.54) is 0 Å². The predicted molar refractivity (Wildman–Crippen MR) is 53.8 cm³/mol. The van der Waals surface area contributed by atoms with Gasteiger partial charge in [-0.2, -0.15) is 0 Å². The van der Waals surface area contributed by atoms with E-state index >= 15 is 0 Å². The summed E-state index contributed by atoms with van der Waals surface area (Å²) in [6, 6.07) is 5.51. The van der Waals surface area contributed by atoms with Crippen molar-refractivity contribution in [1.82, 2.24) is 0 Å². The van der Waals surface area contributed by atoms with Crippen LogP contribution in [-0.2, 0) is 11.3 Å². The van der Waals surface area contributed by atoms with Gasteiger partial charge < -0.3 is 16.2 Å². The minimum Gasteiger partial charge on any atom is -0.484 e. The third kappa shape index (κ3) is 2.74. The molecule has 4 N–H and O–H groups in total. The molecule has 0 radical (unpaired) electrons. The van der Waals surface area contributed by atoms with Crippen LogP contribution in [0.3, 0.4) is 0 Å². The van der Waals surface area contributed by atoms with E-state index < -0.39 is 5.91 Å². The molecule has 0 aliphatic rings. The highest BCUT2D eigenvalue weighted by Gasteiger charge is 2.01. The second-order valence-electron chi connectivity index (χ2n) is 3.05. The molecule has 0 aliphatic carbocycles. The summed E-state index contributed by atoms with van der Waals surface area (Å²) in [5.74, 6) is 0.134.